The van der Waals surface area contributed by atoms with Gasteiger partial charge in [0.15, 0.2) is 6.10 Å². The Morgan fingerprint density at radius 1 is 1.44 bits per heavy atom. The molecule has 1 unspecified atom stereocenters. The highest BCUT2D eigenvalue weighted by Gasteiger charge is 2.21. The molecule has 0 aliphatic rings. The number of rotatable bonds is 6. The van der Waals surface area contributed by atoms with Crippen LogP contribution in [0, 0.1) is 0 Å². The van der Waals surface area contributed by atoms with E-state index in [0.29, 0.717) is 24.3 Å². The lowest BCUT2D eigenvalue weighted by Gasteiger charge is -2.13. The number of nitrogens with two attached hydrogens (primary N) is 2. The van der Waals surface area contributed by atoms with Crippen LogP contribution in [-0.2, 0) is 16.1 Å². The highest BCUT2D eigenvalue weighted by atomic mass is 16.5. The minimum absolute atomic E-state index is 0.342. The predicted molar refractivity (Wildman–Crippen MR) is 67.8 cm³/mol. The van der Waals surface area contributed by atoms with Gasteiger partial charge in [-0.3, -0.25) is 4.79 Å². The maximum absolute atomic E-state index is 11.9. The summed E-state index contributed by atoms with van der Waals surface area (Å²) in [5.74, 6) is -1.22. The van der Waals surface area contributed by atoms with Gasteiger partial charge in [0.05, 0.1) is 5.69 Å². The molecular weight excluding hydrogens is 234 g/mol. The monoisotopic (exact) mass is 253 g/mol. The van der Waals surface area contributed by atoms with Crippen LogP contribution in [0.15, 0.2) is 12.3 Å². The molecule has 1 amide bonds. The van der Waals surface area contributed by atoms with Crippen molar-refractivity contribution in [3.63, 3.8) is 0 Å². The van der Waals surface area contributed by atoms with E-state index in [1.165, 1.54) is 6.07 Å². The summed E-state index contributed by atoms with van der Waals surface area (Å²) >= 11 is 0. The van der Waals surface area contributed by atoms with Crippen LogP contribution in [0.3, 0.4) is 0 Å². The second kappa shape index (κ2) is 6.09. The first kappa shape index (κ1) is 14.1. The SMILES string of the molecule is CCCn1cc(N)cc1C(=O)OC(CC)C(N)=O. The van der Waals surface area contributed by atoms with E-state index in [9.17, 15) is 9.59 Å². The molecule has 0 spiro atoms. The molecule has 1 atom stereocenters. The molecule has 0 bridgehead atoms. The summed E-state index contributed by atoms with van der Waals surface area (Å²) in [7, 11) is 0. The molecule has 18 heavy (non-hydrogen) atoms. The molecule has 1 aromatic rings. The van der Waals surface area contributed by atoms with Gasteiger partial charge >= 0.3 is 5.97 Å². The molecule has 0 radical (unpaired) electrons. The van der Waals surface area contributed by atoms with E-state index in [1.54, 1.807) is 17.7 Å². The molecule has 0 saturated carbocycles. The van der Waals surface area contributed by atoms with Crippen LogP contribution < -0.4 is 11.5 Å². The van der Waals surface area contributed by atoms with Crippen molar-refractivity contribution < 1.29 is 14.3 Å². The van der Waals surface area contributed by atoms with Crippen molar-refractivity contribution in [2.45, 2.75) is 39.3 Å². The highest BCUT2D eigenvalue weighted by Crippen LogP contribution is 2.14. The molecule has 1 aromatic heterocycles. The molecule has 0 aromatic carbocycles. The lowest BCUT2D eigenvalue weighted by atomic mass is 10.2. The van der Waals surface area contributed by atoms with Gasteiger partial charge in [0, 0.05) is 12.7 Å². The smallest absolute Gasteiger partial charge is 0.355 e. The number of anilines is 1. The molecular formula is C12H19N3O3. The largest absolute Gasteiger partial charge is 0.448 e. The van der Waals surface area contributed by atoms with Crippen LogP contribution >= 0.6 is 0 Å². The fourth-order valence-corrected chi connectivity index (χ4v) is 1.66. The first-order chi connectivity index (χ1) is 8.49. The molecule has 0 aliphatic heterocycles. The third-order valence-electron chi connectivity index (χ3n) is 2.53. The van der Waals surface area contributed by atoms with Crippen molar-refractivity contribution in [1.29, 1.82) is 0 Å². The summed E-state index contributed by atoms with van der Waals surface area (Å²) in [5.41, 5.74) is 11.6. The molecule has 6 nitrogen and oxygen atoms in total. The van der Waals surface area contributed by atoms with Crippen LogP contribution in [0.25, 0.3) is 0 Å². The number of carbonyl (C=O) groups excluding carboxylic acids is 2. The average molecular weight is 253 g/mol. The van der Waals surface area contributed by atoms with Gasteiger partial charge in [-0.15, -0.1) is 0 Å². The maximum atomic E-state index is 11.9. The molecule has 100 valence electrons. The number of esters is 1. The molecule has 4 N–H and O–H groups in total. The topological polar surface area (TPSA) is 100 Å². The first-order valence-electron chi connectivity index (χ1n) is 5.95. The zero-order chi connectivity index (χ0) is 13.7. The number of hydrogen-bond acceptors (Lipinski definition) is 4. The summed E-state index contributed by atoms with van der Waals surface area (Å²) in [4.78, 5) is 22.9. The summed E-state index contributed by atoms with van der Waals surface area (Å²) in [6.07, 6.45) is 1.99. The average Bonchev–Trinajstić information content (AvgIpc) is 2.67. The van der Waals surface area contributed by atoms with Gasteiger partial charge in [0.2, 0.25) is 0 Å². The van der Waals surface area contributed by atoms with Crippen molar-refractivity contribution in [3.05, 3.63) is 18.0 Å². The zero-order valence-corrected chi connectivity index (χ0v) is 10.7. The predicted octanol–water partition coefficient (Wildman–Crippen LogP) is 0.901. The zero-order valence-electron chi connectivity index (χ0n) is 10.7. The van der Waals surface area contributed by atoms with Gasteiger partial charge in [0.25, 0.3) is 5.91 Å². The number of aryl methyl sites for hydroxylation is 1. The fraction of sp³-hybridized carbons (Fsp3) is 0.500. The Morgan fingerprint density at radius 2 is 2.11 bits per heavy atom. The molecule has 6 heteroatoms. The van der Waals surface area contributed by atoms with Crippen LogP contribution in [0.4, 0.5) is 5.69 Å². The third-order valence-corrected chi connectivity index (χ3v) is 2.53. The normalized spacial score (nSPS) is 12.1. The van der Waals surface area contributed by atoms with Crippen LogP contribution in [0.1, 0.15) is 37.2 Å². The standard InChI is InChI=1S/C12H19N3O3/c1-3-5-15-7-8(13)6-9(15)12(17)18-10(4-2)11(14)16/h6-7,10H,3-5,13H2,1-2H3,(H2,14,16). The van der Waals surface area contributed by atoms with E-state index in [1.807, 2.05) is 6.92 Å². The Morgan fingerprint density at radius 3 is 2.61 bits per heavy atom. The van der Waals surface area contributed by atoms with Gasteiger partial charge in [-0.25, -0.2) is 4.79 Å². The minimum Gasteiger partial charge on any atom is -0.448 e. The number of nitrogen functional groups attached to an aromatic ring is 1. The van der Waals surface area contributed by atoms with Crippen molar-refractivity contribution in [3.8, 4) is 0 Å². The number of aromatic nitrogens is 1. The number of amides is 1. The number of primary amides is 1. The van der Waals surface area contributed by atoms with Gasteiger partial charge in [-0.2, -0.15) is 0 Å². The lowest BCUT2D eigenvalue weighted by Crippen LogP contribution is -2.33. The Balaban J connectivity index is 2.86. The summed E-state index contributed by atoms with van der Waals surface area (Å²) in [6, 6.07) is 1.53. The summed E-state index contributed by atoms with van der Waals surface area (Å²) in [6.45, 7) is 4.38. The van der Waals surface area contributed by atoms with E-state index in [4.69, 9.17) is 16.2 Å². The number of ether oxygens (including phenoxy) is 1. The van der Waals surface area contributed by atoms with E-state index in [-0.39, 0.29) is 0 Å². The van der Waals surface area contributed by atoms with E-state index >= 15 is 0 Å². The second-order valence-electron chi connectivity index (χ2n) is 4.06. The molecule has 1 heterocycles. The molecule has 0 fully saturated rings. The van der Waals surface area contributed by atoms with Gasteiger partial charge in [-0.1, -0.05) is 13.8 Å². The molecule has 0 saturated heterocycles. The van der Waals surface area contributed by atoms with E-state index in [2.05, 4.69) is 0 Å². The Labute approximate surface area is 106 Å². The minimum atomic E-state index is -0.899. The number of nitrogens with zero attached hydrogens (tertiary/aromatic N) is 1. The quantitative estimate of drug-likeness (QED) is 0.735. The van der Waals surface area contributed by atoms with E-state index < -0.39 is 18.0 Å². The van der Waals surface area contributed by atoms with Crippen LogP contribution in [0.5, 0.6) is 0 Å². The van der Waals surface area contributed by atoms with Crippen molar-refractivity contribution in [2.75, 3.05) is 5.73 Å². The maximum Gasteiger partial charge on any atom is 0.355 e. The molecule has 0 aliphatic carbocycles. The Hall–Kier alpha value is -1.98. The highest BCUT2D eigenvalue weighted by molar-refractivity contribution is 5.91. The summed E-state index contributed by atoms with van der Waals surface area (Å²) in [5, 5.41) is 0. The fourth-order valence-electron chi connectivity index (χ4n) is 1.66. The molecule has 1 rings (SSSR count). The summed E-state index contributed by atoms with van der Waals surface area (Å²) < 4.78 is 6.77. The van der Waals surface area contributed by atoms with Crippen molar-refractivity contribution in [1.82, 2.24) is 4.57 Å². The van der Waals surface area contributed by atoms with E-state index in [0.717, 1.165) is 6.42 Å². The van der Waals surface area contributed by atoms with Gasteiger partial charge in [-0.05, 0) is 18.9 Å². The Kier molecular flexibility index (Phi) is 4.76. The lowest BCUT2D eigenvalue weighted by molar-refractivity contribution is -0.126. The van der Waals surface area contributed by atoms with Crippen LogP contribution in [-0.4, -0.2) is 22.5 Å². The second-order valence-corrected chi connectivity index (χ2v) is 4.06. The number of carbonyl (C=O) groups is 2. The van der Waals surface area contributed by atoms with Gasteiger partial charge in [0.1, 0.15) is 5.69 Å². The third kappa shape index (κ3) is 3.26. The Bertz CT molecular complexity index is 440. The van der Waals surface area contributed by atoms with Crippen molar-refractivity contribution in [2.24, 2.45) is 5.73 Å². The van der Waals surface area contributed by atoms with Crippen LogP contribution in [0.2, 0.25) is 0 Å². The van der Waals surface area contributed by atoms with Crippen molar-refractivity contribution >= 4 is 17.6 Å². The van der Waals surface area contributed by atoms with Gasteiger partial charge < -0.3 is 20.8 Å². The first-order valence-corrected chi connectivity index (χ1v) is 5.95. The number of hydrogen-bond donors (Lipinski definition) is 2.